The Morgan fingerprint density at radius 2 is 2.00 bits per heavy atom. The summed E-state index contributed by atoms with van der Waals surface area (Å²) in [4.78, 5) is 12.3. The molecule has 0 aromatic heterocycles. The Bertz CT molecular complexity index is 591. The fraction of sp³-hybridized carbons (Fsp3) is 0.667. The van der Waals surface area contributed by atoms with Crippen LogP contribution in [0.5, 0.6) is 5.75 Å². The van der Waals surface area contributed by atoms with Crippen LogP contribution in [0.1, 0.15) is 50.2 Å². The molecule has 1 aliphatic heterocycles. The van der Waals surface area contributed by atoms with Crippen molar-refractivity contribution in [1.29, 1.82) is 0 Å². The molecule has 1 saturated heterocycles. The van der Waals surface area contributed by atoms with Gasteiger partial charge in [0.15, 0.2) is 0 Å². The lowest BCUT2D eigenvalue weighted by Crippen LogP contribution is -2.51. The Balaban J connectivity index is 1.67. The summed E-state index contributed by atoms with van der Waals surface area (Å²) in [5.74, 6) is 1.19. The van der Waals surface area contributed by atoms with Crippen molar-refractivity contribution in [2.75, 3.05) is 26.9 Å². The molecular formula is C21H31NO5. The lowest BCUT2D eigenvalue weighted by molar-refractivity contribution is -0.133. The van der Waals surface area contributed by atoms with Crippen LogP contribution < -0.4 is 10.1 Å². The second kappa shape index (κ2) is 10.1. The number of methoxy groups -OCH3 is 1. The molecule has 150 valence electrons. The van der Waals surface area contributed by atoms with E-state index in [1.165, 1.54) is 12.8 Å². The smallest absolute Gasteiger partial charge is 0.222 e. The minimum absolute atomic E-state index is 0.000997. The van der Waals surface area contributed by atoms with E-state index < -0.39 is 0 Å². The molecule has 0 spiro atoms. The lowest BCUT2D eigenvalue weighted by Gasteiger charge is -2.45. The molecule has 1 heterocycles. The summed E-state index contributed by atoms with van der Waals surface area (Å²) in [5.41, 5.74) is 1.10. The standard InChI is InChI=1S/C21H31NO5/c1-25-12-10-21(24)22-18-14-20(27-19-5-3-2-4-17(18)19)15-6-8-16(9-7-15)26-13-11-23/h6-9,17-20,23H,2-5,10-14H2,1H3,(H,22,24)/t17-,18+,19+,20+/m0/s1. The Morgan fingerprint density at radius 3 is 2.74 bits per heavy atom. The van der Waals surface area contributed by atoms with Gasteiger partial charge in [-0.1, -0.05) is 25.0 Å². The molecule has 1 saturated carbocycles. The molecule has 4 atom stereocenters. The summed E-state index contributed by atoms with van der Waals surface area (Å²) < 4.78 is 16.9. The van der Waals surface area contributed by atoms with Crippen LogP contribution in [0.2, 0.25) is 0 Å². The Morgan fingerprint density at radius 1 is 1.22 bits per heavy atom. The minimum Gasteiger partial charge on any atom is -0.491 e. The topological polar surface area (TPSA) is 77.0 Å². The van der Waals surface area contributed by atoms with Crippen molar-refractivity contribution in [3.63, 3.8) is 0 Å². The predicted octanol–water partition coefficient (Wildman–Crippen LogP) is 2.60. The molecular weight excluding hydrogens is 346 g/mol. The largest absolute Gasteiger partial charge is 0.491 e. The van der Waals surface area contributed by atoms with Gasteiger partial charge in [-0.3, -0.25) is 4.79 Å². The van der Waals surface area contributed by atoms with Crippen LogP contribution in [-0.2, 0) is 14.3 Å². The monoisotopic (exact) mass is 377 g/mol. The van der Waals surface area contributed by atoms with E-state index in [-0.39, 0.29) is 30.8 Å². The number of fused-ring (bicyclic) bond motifs is 1. The summed E-state index contributed by atoms with van der Waals surface area (Å²) in [6, 6.07) is 8.00. The summed E-state index contributed by atoms with van der Waals surface area (Å²) in [7, 11) is 1.61. The SMILES string of the molecule is COCCC(=O)N[C@@H]1C[C@H](c2ccc(OCCO)cc2)O[C@@H]2CCCC[C@@H]12. The van der Waals surface area contributed by atoms with Crippen LogP contribution in [0.3, 0.4) is 0 Å². The molecule has 1 aromatic carbocycles. The fourth-order valence-electron chi connectivity index (χ4n) is 4.22. The Kier molecular flexibility index (Phi) is 7.50. The molecule has 27 heavy (non-hydrogen) atoms. The number of hydrogen-bond acceptors (Lipinski definition) is 5. The molecule has 2 N–H and O–H groups in total. The van der Waals surface area contributed by atoms with E-state index in [1.54, 1.807) is 7.11 Å². The summed E-state index contributed by atoms with van der Waals surface area (Å²) in [5, 5.41) is 12.1. The molecule has 0 unspecified atom stereocenters. The first-order valence-electron chi connectivity index (χ1n) is 9.98. The van der Waals surface area contributed by atoms with Gasteiger partial charge in [0.05, 0.1) is 25.4 Å². The van der Waals surface area contributed by atoms with Gasteiger partial charge in [-0.25, -0.2) is 0 Å². The molecule has 0 radical (unpaired) electrons. The van der Waals surface area contributed by atoms with Crippen molar-refractivity contribution in [3.8, 4) is 5.75 Å². The number of benzene rings is 1. The third kappa shape index (κ3) is 5.43. The number of hydrogen-bond donors (Lipinski definition) is 2. The maximum Gasteiger partial charge on any atom is 0.222 e. The van der Waals surface area contributed by atoms with E-state index in [2.05, 4.69) is 5.32 Å². The molecule has 3 rings (SSSR count). The van der Waals surface area contributed by atoms with Gasteiger partial charge < -0.3 is 24.6 Å². The third-order valence-corrected chi connectivity index (χ3v) is 5.57. The van der Waals surface area contributed by atoms with E-state index in [0.717, 1.165) is 30.6 Å². The first kappa shape index (κ1) is 20.1. The lowest BCUT2D eigenvalue weighted by atomic mass is 9.76. The second-order valence-corrected chi connectivity index (χ2v) is 7.41. The Labute approximate surface area is 161 Å². The number of rotatable bonds is 8. The zero-order valence-electron chi connectivity index (χ0n) is 16.1. The number of carbonyl (C=O) groups excluding carboxylic acids is 1. The highest BCUT2D eigenvalue weighted by Gasteiger charge is 2.40. The van der Waals surface area contributed by atoms with Crippen LogP contribution in [0.4, 0.5) is 0 Å². The highest BCUT2D eigenvalue weighted by Crippen LogP contribution is 2.41. The Hall–Kier alpha value is -1.63. The quantitative estimate of drug-likeness (QED) is 0.728. The number of aliphatic hydroxyl groups excluding tert-OH is 1. The van der Waals surface area contributed by atoms with Gasteiger partial charge in [0.2, 0.25) is 5.91 Å². The fourth-order valence-corrected chi connectivity index (χ4v) is 4.22. The zero-order valence-corrected chi connectivity index (χ0v) is 16.1. The number of nitrogens with one attached hydrogen (secondary N) is 1. The van der Waals surface area contributed by atoms with Gasteiger partial charge in [-0.2, -0.15) is 0 Å². The highest BCUT2D eigenvalue weighted by atomic mass is 16.5. The second-order valence-electron chi connectivity index (χ2n) is 7.41. The summed E-state index contributed by atoms with van der Waals surface area (Å²) >= 11 is 0. The van der Waals surface area contributed by atoms with E-state index in [4.69, 9.17) is 19.3 Å². The summed E-state index contributed by atoms with van der Waals surface area (Å²) in [6.45, 7) is 0.738. The van der Waals surface area contributed by atoms with E-state index in [9.17, 15) is 4.79 Å². The maximum atomic E-state index is 12.3. The molecule has 2 aliphatic rings. The highest BCUT2D eigenvalue weighted by molar-refractivity contribution is 5.76. The molecule has 1 amide bonds. The predicted molar refractivity (Wildman–Crippen MR) is 102 cm³/mol. The van der Waals surface area contributed by atoms with Gasteiger partial charge in [0.1, 0.15) is 12.4 Å². The maximum absolute atomic E-state index is 12.3. The average molecular weight is 377 g/mol. The number of amides is 1. The van der Waals surface area contributed by atoms with Crippen molar-refractivity contribution < 1.29 is 24.1 Å². The molecule has 6 heteroatoms. The van der Waals surface area contributed by atoms with Crippen LogP contribution in [0.25, 0.3) is 0 Å². The third-order valence-electron chi connectivity index (χ3n) is 5.57. The summed E-state index contributed by atoms with van der Waals surface area (Å²) in [6.07, 6.45) is 5.93. The molecule has 1 aliphatic carbocycles. The molecule has 2 fully saturated rings. The van der Waals surface area contributed by atoms with Crippen molar-refractivity contribution in [1.82, 2.24) is 5.32 Å². The first-order chi connectivity index (χ1) is 13.2. The van der Waals surface area contributed by atoms with Crippen molar-refractivity contribution in [2.24, 2.45) is 5.92 Å². The van der Waals surface area contributed by atoms with Gasteiger partial charge in [0, 0.05) is 25.5 Å². The normalized spacial score (nSPS) is 27.6. The van der Waals surface area contributed by atoms with E-state index in [1.807, 2.05) is 24.3 Å². The van der Waals surface area contributed by atoms with Crippen molar-refractivity contribution >= 4 is 5.91 Å². The van der Waals surface area contributed by atoms with Crippen molar-refractivity contribution in [3.05, 3.63) is 29.8 Å². The molecule has 0 bridgehead atoms. The van der Waals surface area contributed by atoms with Crippen LogP contribution in [0.15, 0.2) is 24.3 Å². The van der Waals surface area contributed by atoms with Crippen molar-refractivity contribution in [2.45, 2.75) is 56.8 Å². The number of carbonyl (C=O) groups is 1. The van der Waals surface area contributed by atoms with E-state index >= 15 is 0 Å². The average Bonchev–Trinajstić information content (AvgIpc) is 2.71. The molecule has 6 nitrogen and oxygen atoms in total. The zero-order chi connectivity index (χ0) is 19.1. The van der Waals surface area contributed by atoms with Gasteiger partial charge in [-0.05, 0) is 37.0 Å². The van der Waals surface area contributed by atoms with Gasteiger partial charge >= 0.3 is 0 Å². The van der Waals surface area contributed by atoms with E-state index in [0.29, 0.717) is 25.6 Å². The number of aliphatic hydroxyl groups is 1. The number of ether oxygens (including phenoxy) is 3. The first-order valence-corrected chi connectivity index (χ1v) is 9.98. The van der Waals surface area contributed by atoms with Gasteiger partial charge in [0.25, 0.3) is 0 Å². The van der Waals surface area contributed by atoms with Crippen LogP contribution in [-0.4, -0.2) is 50.1 Å². The molecule has 1 aromatic rings. The minimum atomic E-state index is -0.0241. The van der Waals surface area contributed by atoms with Gasteiger partial charge in [-0.15, -0.1) is 0 Å². The van der Waals surface area contributed by atoms with Crippen LogP contribution in [0, 0.1) is 5.92 Å². The van der Waals surface area contributed by atoms with Crippen LogP contribution >= 0.6 is 0 Å².